The fourth-order valence-corrected chi connectivity index (χ4v) is 1.74. The zero-order valence-corrected chi connectivity index (χ0v) is 12.7. The number of nitrogens with two attached hydrogens (primary N) is 1. The number of anilines is 1. The van der Waals surface area contributed by atoms with E-state index in [-0.39, 0.29) is 0 Å². The smallest absolute Gasteiger partial charge is 0.156 e. The summed E-state index contributed by atoms with van der Waals surface area (Å²) in [5.41, 5.74) is 7.89. The van der Waals surface area contributed by atoms with Gasteiger partial charge in [0.2, 0.25) is 0 Å². The van der Waals surface area contributed by atoms with E-state index in [0.717, 1.165) is 17.1 Å². The number of aromatic nitrogens is 2. The molecule has 6 heteroatoms. The first kappa shape index (κ1) is 15.5. The van der Waals surface area contributed by atoms with Gasteiger partial charge in [0.25, 0.3) is 0 Å². The van der Waals surface area contributed by atoms with E-state index >= 15 is 0 Å². The van der Waals surface area contributed by atoms with Crippen LogP contribution in [0.2, 0.25) is 0 Å². The van der Waals surface area contributed by atoms with Gasteiger partial charge in [-0.3, -0.25) is 4.98 Å². The van der Waals surface area contributed by atoms with Crippen molar-refractivity contribution in [3.63, 3.8) is 0 Å². The topological polar surface area (TPSA) is 88.2 Å². The molecule has 2 heterocycles. The zero-order chi connectivity index (χ0) is 15.8. The number of nitrogens with one attached hydrogen (secondary N) is 2. The van der Waals surface area contributed by atoms with Crippen molar-refractivity contribution < 1.29 is 0 Å². The minimum atomic E-state index is 0.406. The van der Waals surface area contributed by atoms with Gasteiger partial charge in [-0.2, -0.15) is 0 Å². The summed E-state index contributed by atoms with van der Waals surface area (Å²) < 4.78 is 0. The highest BCUT2D eigenvalue weighted by molar-refractivity contribution is 5.93. The van der Waals surface area contributed by atoms with Crippen molar-refractivity contribution in [1.82, 2.24) is 15.3 Å². The van der Waals surface area contributed by atoms with Crippen LogP contribution in [0.3, 0.4) is 0 Å². The standard InChI is InChI=1S/C16H20N6/c1-12(18-2)9-14(17)21-16-7-3-6-15(22-16)20-11-13-5-4-8-19-10-13/h3-10,18H,11H2,1-2H3,(H3,17,20,21,22)/b12-9-. The molecule has 0 aromatic carbocycles. The quantitative estimate of drug-likeness (QED) is 0.562. The number of rotatable bonds is 6. The number of pyridine rings is 2. The number of aliphatic imine (C=N–C) groups is 1. The van der Waals surface area contributed by atoms with E-state index in [0.29, 0.717) is 18.2 Å². The van der Waals surface area contributed by atoms with Crippen LogP contribution < -0.4 is 16.4 Å². The van der Waals surface area contributed by atoms with Gasteiger partial charge in [-0.1, -0.05) is 12.1 Å². The molecular formula is C16H20N6. The van der Waals surface area contributed by atoms with Crippen LogP contribution in [0.1, 0.15) is 12.5 Å². The monoisotopic (exact) mass is 296 g/mol. The molecule has 0 aliphatic rings. The summed E-state index contributed by atoms with van der Waals surface area (Å²) in [6.07, 6.45) is 5.33. The number of amidine groups is 1. The molecule has 4 N–H and O–H groups in total. The lowest BCUT2D eigenvalue weighted by atomic mass is 10.3. The van der Waals surface area contributed by atoms with Gasteiger partial charge >= 0.3 is 0 Å². The summed E-state index contributed by atoms with van der Waals surface area (Å²) in [4.78, 5) is 12.8. The van der Waals surface area contributed by atoms with E-state index in [2.05, 4.69) is 25.6 Å². The van der Waals surface area contributed by atoms with E-state index in [1.165, 1.54) is 0 Å². The van der Waals surface area contributed by atoms with E-state index in [9.17, 15) is 0 Å². The van der Waals surface area contributed by atoms with Crippen molar-refractivity contribution >= 4 is 17.5 Å². The molecule has 0 bridgehead atoms. The molecule has 0 radical (unpaired) electrons. The Morgan fingerprint density at radius 3 is 2.91 bits per heavy atom. The molecule has 0 aliphatic heterocycles. The minimum Gasteiger partial charge on any atom is -0.392 e. The highest BCUT2D eigenvalue weighted by Gasteiger charge is 1.98. The molecule has 2 aromatic rings. The molecule has 2 rings (SSSR count). The lowest BCUT2D eigenvalue weighted by molar-refractivity contribution is 0.992. The Kier molecular flexibility index (Phi) is 5.48. The maximum Gasteiger partial charge on any atom is 0.156 e. The summed E-state index contributed by atoms with van der Waals surface area (Å²) in [5.74, 6) is 1.71. The van der Waals surface area contributed by atoms with Crippen molar-refractivity contribution in [2.45, 2.75) is 13.5 Å². The van der Waals surface area contributed by atoms with Gasteiger partial charge in [0, 0.05) is 31.7 Å². The molecule has 114 valence electrons. The van der Waals surface area contributed by atoms with Crippen LogP contribution in [-0.4, -0.2) is 22.9 Å². The Labute approximate surface area is 130 Å². The van der Waals surface area contributed by atoms with Crippen molar-refractivity contribution in [3.8, 4) is 0 Å². The first-order valence-electron chi connectivity index (χ1n) is 6.97. The Bertz CT molecular complexity index is 663. The van der Waals surface area contributed by atoms with Crippen molar-refractivity contribution in [2.24, 2.45) is 10.7 Å². The largest absolute Gasteiger partial charge is 0.392 e. The SMILES string of the molecule is CN/C(C)=C\C(N)=N\c1cccc(NCc2cccnc2)n1. The number of nitrogens with zero attached hydrogens (tertiary/aromatic N) is 3. The first-order chi connectivity index (χ1) is 10.7. The minimum absolute atomic E-state index is 0.406. The van der Waals surface area contributed by atoms with Gasteiger partial charge in [-0.15, -0.1) is 0 Å². The maximum absolute atomic E-state index is 5.86. The molecule has 2 aromatic heterocycles. The van der Waals surface area contributed by atoms with Gasteiger partial charge in [0.05, 0.1) is 0 Å². The molecule has 0 aliphatic carbocycles. The third-order valence-corrected chi connectivity index (χ3v) is 2.93. The first-order valence-corrected chi connectivity index (χ1v) is 6.97. The predicted octanol–water partition coefficient (Wildman–Crippen LogP) is 2.20. The van der Waals surface area contributed by atoms with Crippen LogP contribution in [0.5, 0.6) is 0 Å². The molecule has 6 nitrogen and oxygen atoms in total. The Balaban J connectivity index is 2.05. The lowest BCUT2D eigenvalue weighted by Gasteiger charge is -2.06. The van der Waals surface area contributed by atoms with Crippen LogP contribution in [0.15, 0.2) is 59.5 Å². The highest BCUT2D eigenvalue weighted by Crippen LogP contribution is 2.13. The molecule has 0 spiro atoms. The maximum atomic E-state index is 5.86. The normalized spacial score (nSPS) is 12.1. The van der Waals surface area contributed by atoms with Gasteiger partial charge in [-0.25, -0.2) is 9.98 Å². The van der Waals surface area contributed by atoms with Crippen molar-refractivity contribution in [1.29, 1.82) is 0 Å². The summed E-state index contributed by atoms with van der Waals surface area (Å²) in [6, 6.07) is 9.50. The van der Waals surface area contributed by atoms with Crippen LogP contribution in [0, 0.1) is 0 Å². The summed E-state index contributed by atoms with van der Waals surface area (Å²) in [7, 11) is 1.83. The molecule has 0 saturated carbocycles. The number of allylic oxidation sites excluding steroid dienone is 1. The van der Waals surface area contributed by atoms with Crippen LogP contribution in [-0.2, 0) is 6.54 Å². The van der Waals surface area contributed by atoms with Gasteiger partial charge < -0.3 is 16.4 Å². The second kappa shape index (κ2) is 7.78. The van der Waals surface area contributed by atoms with Crippen molar-refractivity contribution in [3.05, 3.63) is 60.1 Å². The van der Waals surface area contributed by atoms with Crippen LogP contribution in [0.25, 0.3) is 0 Å². The molecule has 0 atom stereocenters. The average molecular weight is 296 g/mol. The molecule has 0 saturated heterocycles. The Morgan fingerprint density at radius 2 is 2.18 bits per heavy atom. The fourth-order valence-electron chi connectivity index (χ4n) is 1.74. The third kappa shape index (κ3) is 4.90. The Hall–Kier alpha value is -2.89. The molecule has 22 heavy (non-hydrogen) atoms. The zero-order valence-electron chi connectivity index (χ0n) is 12.7. The molecule has 0 amide bonds. The van der Waals surface area contributed by atoms with Crippen molar-refractivity contribution in [2.75, 3.05) is 12.4 Å². The number of hydrogen-bond donors (Lipinski definition) is 3. The van der Waals surface area contributed by atoms with Gasteiger partial charge in [0.15, 0.2) is 5.82 Å². The van der Waals surface area contributed by atoms with Crippen LogP contribution >= 0.6 is 0 Å². The number of hydrogen-bond acceptors (Lipinski definition) is 5. The second-order valence-electron chi connectivity index (χ2n) is 4.71. The fraction of sp³-hybridized carbons (Fsp3) is 0.188. The van der Waals surface area contributed by atoms with E-state index in [4.69, 9.17) is 5.73 Å². The summed E-state index contributed by atoms with van der Waals surface area (Å²) in [6.45, 7) is 2.57. The highest BCUT2D eigenvalue weighted by atomic mass is 15.0. The van der Waals surface area contributed by atoms with Crippen LogP contribution in [0.4, 0.5) is 11.6 Å². The third-order valence-electron chi connectivity index (χ3n) is 2.93. The molecular weight excluding hydrogens is 276 g/mol. The molecule has 0 fully saturated rings. The summed E-state index contributed by atoms with van der Waals surface area (Å²) in [5, 5.41) is 6.23. The Morgan fingerprint density at radius 1 is 1.32 bits per heavy atom. The van der Waals surface area contributed by atoms with E-state index in [1.54, 1.807) is 12.3 Å². The lowest BCUT2D eigenvalue weighted by Crippen LogP contribution is -2.12. The average Bonchev–Trinajstić information content (AvgIpc) is 2.54. The predicted molar refractivity (Wildman–Crippen MR) is 89.9 cm³/mol. The van der Waals surface area contributed by atoms with Gasteiger partial charge in [-0.05, 0) is 36.8 Å². The second-order valence-corrected chi connectivity index (χ2v) is 4.71. The van der Waals surface area contributed by atoms with Gasteiger partial charge in [0.1, 0.15) is 11.7 Å². The van der Waals surface area contributed by atoms with E-state index in [1.807, 2.05) is 50.5 Å². The van der Waals surface area contributed by atoms with E-state index < -0.39 is 0 Å². The molecule has 0 unspecified atom stereocenters. The summed E-state index contributed by atoms with van der Waals surface area (Å²) >= 11 is 0.